The number of benzene rings is 1. The molecule has 1 aromatic rings. The Morgan fingerprint density at radius 3 is 2.58 bits per heavy atom. The van der Waals surface area contributed by atoms with Crippen LogP contribution in [0.5, 0.6) is 0 Å². The molecular weight excluding hydrogens is 257 g/mol. The molecule has 2 unspecified atom stereocenters. The molecule has 19 heavy (non-hydrogen) atoms. The number of nitriles is 1. The highest BCUT2D eigenvalue weighted by molar-refractivity contribution is 5.94. The smallest absolute Gasteiger partial charge is 0.326 e. The second-order valence-corrected chi connectivity index (χ2v) is 4.68. The Morgan fingerprint density at radius 2 is 2.11 bits per heavy atom. The summed E-state index contributed by atoms with van der Waals surface area (Å²) in [6, 6.07) is 4.66. The van der Waals surface area contributed by atoms with Crippen molar-refractivity contribution in [1.29, 1.82) is 5.26 Å². The fourth-order valence-corrected chi connectivity index (χ4v) is 1.88. The quantitative estimate of drug-likeness (QED) is 0.895. The van der Waals surface area contributed by atoms with Gasteiger partial charge in [0.05, 0.1) is 17.2 Å². The largest absolute Gasteiger partial charge is 0.417 e. The Kier molecular flexibility index (Phi) is 3.23. The van der Waals surface area contributed by atoms with Crippen LogP contribution >= 0.6 is 0 Å². The predicted octanol–water partition coefficient (Wildman–Crippen LogP) is 3.17. The Balaban J connectivity index is 2.24. The summed E-state index contributed by atoms with van der Waals surface area (Å²) in [5, 5.41) is 11.1. The number of anilines is 1. The molecule has 0 bridgehead atoms. The van der Waals surface area contributed by atoms with Crippen LogP contribution in [0.4, 0.5) is 18.9 Å². The zero-order valence-electron chi connectivity index (χ0n) is 10.1. The van der Waals surface area contributed by atoms with E-state index in [0.29, 0.717) is 0 Å². The Labute approximate surface area is 108 Å². The average Bonchev–Trinajstić information content (AvgIpc) is 3.05. The number of rotatable bonds is 2. The van der Waals surface area contributed by atoms with Gasteiger partial charge in [-0.1, -0.05) is 6.92 Å². The molecule has 0 aromatic heterocycles. The molecule has 0 spiro atoms. The summed E-state index contributed by atoms with van der Waals surface area (Å²) < 4.78 is 38.2. The van der Waals surface area contributed by atoms with E-state index in [9.17, 15) is 18.0 Å². The van der Waals surface area contributed by atoms with Crippen molar-refractivity contribution < 1.29 is 18.0 Å². The number of carbonyl (C=O) groups excluding carboxylic acids is 1. The molecule has 1 aliphatic carbocycles. The van der Waals surface area contributed by atoms with E-state index < -0.39 is 17.3 Å². The number of halogens is 3. The summed E-state index contributed by atoms with van der Waals surface area (Å²) >= 11 is 0. The lowest BCUT2D eigenvalue weighted by molar-refractivity contribution is -0.137. The van der Waals surface area contributed by atoms with Crippen molar-refractivity contribution in [2.24, 2.45) is 11.8 Å². The maximum absolute atomic E-state index is 12.7. The number of hydrogen-bond acceptors (Lipinski definition) is 2. The summed E-state index contributed by atoms with van der Waals surface area (Å²) in [6.07, 6.45) is -3.85. The van der Waals surface area contributed by atoms with E-state index in [4.69, 9.17) is 5.26 Å². The summed E-state index contributed by atoms with van der Waals surface area (Å²) in [4.78, 5) is 11.6. The Bertz CT molecular complexity index is 560. The van der Waals surface area contributed by atoms with Gasteiger partial charge in [0.2, 0.25) is 5.91 Å². The zero-order valence-corrected chi connectivity index (χ0v) is 10.1. The molecule has 0 radical (unpaired) electrons. The van der Waals surface area contributed by atoms with Gasteiger partial charge >= 0.3 is 6.18 Å². The third-order valence-corrected chi connectivity index (χ3v) is 3.16. The highest BCUT2D eigenvalue weighted by atomic mass is 19.4. The molecule has 6 heteroatoms. The highest BCUT2D eigenvalue weighted by Gasteiger charge is 2.39. The molecule has 1 aromatic carbocycles. The lowest BCUT2D eigenvalue weighted by Crippen LogP contribution is -2.16. The first kappa shape index (κ1) is 13.4. The van der Waals surface area contributed by atoms with Gasteiger partial charge in [0.15, 0.2) is 0 Å². The van der Waals surface area contributed by atoms with Crippen LogP contribution in [-0.4, -0.2) is 5.91 Å². The molecule has 100 valence electrons. The first-order valence-corrected chi connectivity index (χ1v) is 5.75. The molecule has 0 heterocycles. The van der Waals surface area contributed by atoms with Crippen molar-refractivity contribution in [3.63, 3.8) is 0 Å². The summed E-state index contributed by atoms with van der Waals surface area (Å²) in [6.45, 7) is 1.91. The van der Waals surface area contributed by atoms with Gasteiger partial charge in [-0.05, 0) is 30.5 Å². The minimum Gasteiger partial charge on any atom is -0.326 e. The molecule has 0 aliphatic heterocycles. The molecule has 2 atom stereocenters. The van der Waals surface area contributed by atoms with Crippen molar-refractivity contribution in [2.75, 3.05) is 5.32 Å². The standard InChI is InChI=1S/C13H11F3N2O/c1-7-4-10(7)12(19)18-9-3-2-8(6-17)11(5-9)13(14,15)16/h2-3,5,7,10H,4H2,1H3,(H,18,19). The van der Waals surface area contributed by atoms with Crippen LogP contribution < -0.4 is 5.32 Å². The lowest BCUT2D eigenvalue weighted by atomic mass is 10.1. The molecule has 0 saturated heterocycles. The van der Waals surface area contributed by atoms with Gasteiger partial charge in [0.1, 0.15) is 0 Å². The first-order chi connectivity index (χ1) is 8.82. The van der Waals surface area contributed by atoms with Crippen molar-refractivity contribution in [1.82, 2.24) is 0 Å². The van der Waals surface area contributed by atoms with E-state index in [1.807, 2.05) is 6.92 Å². The molecule has 1 saturated carbocycles. The normalized spacial score (nSPS) is 21.6. The number of alkyl halides is 3. The van der Waals surface area contributed by atoms with Gasteiger partial charge in [-0.15, -0.1) is 0 Å². The molecule has 1 fully saturated rings. The van der Waals surface area contributed by atoms with Crippen LogP contribution in [0.1, 0.15) is 24.5 Å². The summed E-state index contributed by atoms with van der Waals surface area (Å²) in [5.41, 5.74) is -1.42. The first-order valence-electron chi connectivity index (χ1n) is 5.75. The summed E-state index contributed by atoms with van der Waals surface area (Å²) in [7, 11) is 0. The van der Waals surface area contributed by atoms with Crippen LogP contribution in [-0.2, 0) is 11.0 Å². The van der Waals surface area contributed by atoms with Crippen molar-refractivity contribution in [3.05, 3.63) is 29.3 Å². The Morgan fingerprint density at radius 1 is 1.47 bits per heavy atom. The minimum absolute atomic E-state index is 0.0652. The van der Waals surface area contributed by atoms with Crippen LogP contribution in [0.25, 0.3) is 0 Å². The summed E-state index contributed by atoms with van der Waals surface area (Å²) in [5.74, 6) is -0.115. The van der Waals surface area contributed by atoms with Crippen molar-refractivity contribution >= 4 is 11.6 Å². The van der Waals surface area contributed by atoms with Crippen LogP contribution in [0.15, 0.2) is 18.2 Å². The maximum Gasteiger partial charge on any atom is 0.417 e. The molecule has 1 N–H and O–H groups in total. The van der Waals surface area contributed by atoms with Gasteiger partial charge in [-0.25, -0.2) is 0 Å². The van der Waals surface area contributed by atoms with Gasteiger partial charge < -0.3 is 5.32 Å². The van der Waals surface area contributed by atoms with E-state index >= 15 is 0 Å². The highest BCUT2D eigenvalue weighted by Crippen LogP contribution is 2.39. The maximum atomic E-state index is 12.7. The van der Waals surface area contributed by atoms with E-state index in [1.165, 1.54) is 12.1 Å². The fourth-order valence-electron chi connectivity index (χ4n) is 1.88. The Hall–Kier alpha value is -2.03. The van der Waals surface area contributed by atoms with Crippen LogP contribution in [0.3, 0.4) is 0 Å². The second kappa shape index (κ2) is 4.57. The van der Waals surface area contributed by atoms with Crippen LogP contribution in [0, 0.1) is 23.2 Å². The number of amides is 1. The fraction of sp³-hybridized carbons (Fsp3) is 0.385. The molecule has 1 aliphatic rings. The predicted molar refractivity (Wildman–Crippen MR) is 62.1 cm³/mol. The zero-order chi connectivity index (χ0) is 14.2. The third-order valence-electron chi connectivity index (χ3n) is 3.16. The number of carbonyl (C=O) groups is 1. The van der Waals surface area contributed by atoms with Crippen molar-refractivity contribution in [3.8, 4) is 6.07 Å². The van der Waals surface area contributed by atoms with Gasteiger partial charge in [-0.3, -0.25) is 4.79 Å². The molecule has 3 nitrogen and oxygen atoms in total. The lowest BCUT2D eigenvalue weighted by Gasteiger charge is -2.11. The van der Waals surface area contributed by atoms with Crippen molar-refractivity contribution in [2.45, 2.75) is 19.5 Å². The van der Waals surface area contributed by atoms with E-state index in [1.54, 1.807) is 0 Å². The number of nitrogens with zero attached hydrogens (tertiary/aromatic N) is 1. The molecule has 1 amide bonds. The van der Waals surface area contributed by atoms with Gasteiger partial charge in [0.25, 0.3) is 0 Å². The molecular formula is C13H11F3N2O. The second-order valence-electron chi connectivity index (χ2n) is 4.68. The van der Waals surface area contributed by atoms with Gasteiger partial charge in [-0.2, -0.15) is 18.4 Å². The van der Waals surface area contributed by atoms with Gasteiger partial charge in [0, 0.05) is 11.6 Å². The molecule has 2 rings (SSSR count). The topological polar surface area (TPSA) is 52.9 Å². The van der Waals surface area contributed by atoms with E-state index in [-0.39, 0.29) is 23.4 Å². The average molecular weight is 268 g/mol. The van der Waals surface area contributed by atoms with E-state index in [0.717, 1.165) is 18.6 Å². The van der Waals surface area contributed by atoms with Crippen LogP contribution in [0.2, 0.25) is 0 Å². The monoisotopic (exact) mass is 268 g/mol. The number of hydrogen-bond donors (Lipinski definition) is 1. The number of nitrogens with one attached hydrogen (secondary N) is 1. The third kappa shape index (κ3) is 2.87. The SMILES string of the molecule is CC1CC1C(=O)Nc1ccc(C#N)c(C(F)(F)F)c1. The minimum atomic E-state index is -4.61. The van der Waals surface area contributed by atoms with E-state index in [2.05, 4.69) is 5.32 Å².